The first-order valence-corrected chi connectivity index (χ1v) is 4.89. The molecule has 0 unspecified atom stereocenters. The zero-order valence-electron chi connectivity index (χ0n) is 7.61. The van der Waals surface area contributed by atoms with Gasteiger partial charge in [0.1, 0.15) is 0 Å². The van der Waals surface area contributed by atoms with E-state index in [4.69, 9.17) is 16.7 Å². The average molecular weight is 222 g/mol. The van der Waals surface area contributed by atoms with Crippen molar-refractivity contribution < 1.29 is 19.4 Å². The van der Waals surface area contributed by atoms with Crippen molar-refractivity contribution in [1.29, 1.82) is 0 Å². The van der Waals surface area contributed by atoms with Crippen LogP contribution in [0.2, 0.25) is 0 Å². The van der Waals surface area contributed by atoms with E-state index in [2.05, 4.69) is 4.74 Å². The van der Waals surface area contributed by atoms with Crippen LogP contribution in [-0.2, 0) is 9.53 Å². The third-order valence-corrected chi connectivity index (χ3v) is 2.39. The van der Waals surface area contributed by atoms with Crippen molar-refractivity contribution in [2.24, 2.45) is 5.92 Å². The number of ether oxygens (including phenoxy) is 1. The number of aliphatic carboxylic acids is 1. The molecule has 1 fully saturated rings. The van der Waals surface area contributed by atoms with Crippen molar-refractivity contribution >= 4 is 23.7 Å². The normalized spacial score (nSPS) is 17.9. The minimum absolute atomic E-state index is 0.169. The van der Waals surface area contributed by atoms with Gasteiger partial charge in [0.2, 0.25) is 0 Å². The van der Waals surface area contributed by atoms with Crippen LogP contribution < -0.4 is 0 Å². The van der Waals surface area contributed by atoms with Gasteiger partial charge in [0.15, 0.2) is 6.07 Å². The zero-order chi connectivity index (χ0) is 10.6. The van der Waals surface area contributed by atoms with Crippen LogP contribution in [0.5, 0.6) is 0 Å². The molecule has 5 nitrogen and oxygen atoms in total. The van der Waals surface area contributed by atoms with E-state index < -0.39 is 12.1 Å². The average Bonchev–Trinajstić information content (AvgIpc) is 2.18. The van der Waals surface area contributed by atoms with Crippen molar-refractivity contribution in [2.75, 3.05) is 19.2 Å². The topological polar surface area (TPSA) is 66.8 Å². The molecular formula is C8H12ClNO4. The lowest BCUT2D eigenvalue weighted by molar-refractivity contribution is -0.143. The number of carbonyl (C=O) groups is 2. The molecule has 1 amide bonds. The Morgan fingerprint density at radius 3 is 2.43 bits per heavy atom. The summed E-state index contributed by atoms with van der Waals surface area (Å²) in [6, 6.07) is -0.169. The van der Waals surface area contributed by atoms with E-state index in [0.29, 0.717) is 25.9 Å². The van der Waals surface area contributed by atoms with Gasteiger partial charge in [-0.2, -0.15) is 0 Å². The Labute approximate surface area is 86.6 Å². The number of rotatable bonds is 2. The van der Waals surface area contributed by atoms with Gasteiger partial charge in [-0.3, -0.25) is 4.79 Å². The van der Waals surface area contributed by atoms with E-state index in [0.717, 1.165) is 0 Å². The third-order valence-electron chi connectivity index (χ3n) is 2.28. The van der Waals surface area contributed by atoms with Crippen LogP contribution in [0.1, 0.15) is 12.8 Å². The highest BCUT2D eigenvalue weighted by Gasteiger charge is 2.27. The van der Waals surface area contributed by atoms with E-state index in [-0.39, 0.29) is 12.0 Å². The van der Waals surface area contributed by atoms with E-state index in [1.165, 1.54) is 4.90 Å². The molecular weight excluding hydrogens is 210 g/mol. The first kappa shape index (κ1) is 11.1. The highest BCUT2D eigenvalue weighted by molar-refractivity contribution is 6.17. The Bertz CT molecular complexity index is 225. The molecule has 1 aliphatic rings. The number of carbonyl (C=O) groups excluding carboxylic acids is 1. The maximum atomic E-state index is 11.1. The maximum Gasteiger partial charge on any atom is 0.410 e. The largest absolute Gasteiger partial charge is 0.481 e. The molecule has 0 spiro atoms. The molecule has 1 N–H and O–H groups in total. The Balaban J connectivity index is 2.35. The van der Waals surface area contributed by atoms with Gasteiger partial charge >= 0.3 is 12.1 Å². The monoisotopic (exact) mass is 221 g/mol. The molecule has 14 heavy (non-hydrogen) atoms. The maximum absolute atomic E-state index is 11.1. The van der Waals surface area contributed by atoms with Gasteiger partial charge in [-0.15, -0.1) is 0 Å². The second-order valence-corrected chi connectivity index (χ2v) is 3.34. The Hall–Kier alpha value is -0.970. The second kappa shape index (κ2) is 5.05. The summed E-state index contributed by atoms with van der Waals surface area (Å²) in [5.41, 5.74) is 0. The predicted molar refractivity (Wildman–Crippen MR) is 49.1 cm³/mol. The second-order valence-electron chi connectivity index (χ2n) is 3.12. The number of nitrogens with zero attached hydrogens (tertiary/aromatic N) is 1. The Morgan fingerprint density at radius 1 is 1.43 bits per heavy atom. The van der Waals surface area contributed by atoms with Crippen LogP contribution in [-0.4, -0.2) is 41.2 Å². The molecule has 0 radical (unpaired) electrons. The van der Waals surface area contributed by atoms with Crippen LogP contribution >= 0.6 is 11.6 Å². The van der Waals surface area contributed by atoms with Gasteiger partial charge in [0, 0.05) is 13.1 Å². The molecule has 0 atom stereocenters. The summed E-state index contributed by atoms with van der Waals surface area (Å²) in [6.45, 7) is 0.847. The van der Waals surface area contributed by atoms with Crippen LogP contribution in [0, 0.1) is 5.92 Å². The molecule has 0 bridgehead atoms. The molecule has 0 saturated carbocycles. The lowest BCUT2D eigenvalue weighted by Crippen LogP contribution is -2.40. The van der Waals surface area contributed by atoms with Gasteiger partial charge in [0.25, 0.3) is 0 Å². The third kappa shape index (κ3) is 2.77. The molecule has 1 heterocycles. The minimum Gasteiger partial charge on any atom is -0.481 e. The summed E-state index contributed by atoms with van der Waals surface area (Å²) in [4.78, 5) is 23.2. The van der Waals surface area contributed by atoms with Crippen molar-refractivity contribution in [3.05, 3.63) is 0 Å². The first-order chi connectivity index (χ1) is 6.65. The zero-order valence-corrected chi connectivity index (χ0v) is 8.37. The predicted octanol–water partition coefficient (Wildman–Crippen LogP) is 1.12. The van der Waals surface area contributed by atoms with E-state index in [9.17, 15) is 9.59 Å². The number of hydrogen-bond donors (Lipinski definition) is 1. The molecule has 1 aliphatic heterocycles. The molecule has 0 aromatic heterocycles. The lowest BCUT2D eigenvalue weighted by atomic mass is 9.97. The van der Waals surface area contributed by atoms with E-state index in [1.54, 1.807) is 0 Å². The summed E-state index contributed by atoms with van der Waals surface area (Å²) in [5, 5.41) is 8.71. The molecule has 0 aromatic carbocycles. The first-order valence-electron chi connectivity index (χ1n) is 4.35. The number of piperidine rings is 1. The molecule has 0 aromatic rings. The number of likely N-dealkylation sites (tertiary alicyclic amines) is 1. The number of hydrogen-bond acceptors (Lipinski definition) is 3. The van der Waals surface area contributed by atoms with Crippen LogP contribution in [0.25, 0.3) is 0 Å². The Morgan fingerprint density at radius 2 is 2.00 bits per heavy atom. The van der Waals surface area contributed by atoms with Crippen molar-refractivity contribution in [3.63, 3.8) is 0 Å². The standard InChI is InChI=1S/C8H12ClNO4/c9-5-14-8(13)10-3-1-6(2-4-10)7(11)12/h6H,1-5H2,(H,11,12). The minimum atomic E-state index is -0.796. The van der Waals surface area contributed by atoms with Crippen LogP contribution in [0.15, 0.2) is 0 Å². The fraction of sp³-hybridized carbons (Fsp3) is 0.750. The number of amides is 1. The molecule has 80 valence electrons. The molecule has 1 rings (SSSR count). The highest BCUT2D eigenvalue weighted by atomic mass is 35.5. The summed E-state index contributed by atoms with van der Waals surface area (Å²) >= 11 is 5.23. The quantitative estimate of drug-likeness (QED) is 0.710. The number of carboxylic acids is 1. The lowest BCUT2D eigenvalue weighted by Gasteiger charge is -2.28. The van der Waals surface area contributed by atoms with Gasteiger partial charge < -0.3 is 14.7 Å². The summed E-state index contributed by atoms with van der Waals surface area (Å²) in [6.07, 6.45) is 0.489. The van der Waals surface area contributed by atoms with E-state index >= 15 is 0 Å². The van der Waals surface area contributed by atoms with Crippen molar-refractivity contribution in [1.82, 2.24) is 4.90 Å². The van der Waals surface area contributed by atoms with Crippen LogP contribution in [0.3, 0.4) is 0 Å². The fourth-order valence-electron chi connectivity index (χ4n) is 1.45. The Kier molecular flexibility index (Phi) is 4.00. The van der Waals surface area contributed by atoms with Crippen molar-refractivity contribution in [3.8, 4) is 0 Å². The highest BCUT2D eigenvalue weighted by Crippen LogP contribution is 2.17. The SMILES string of the molecule is O=C(O)C1CCN(C(=O)OCCl)CC1. The van der Waals surface area contributed by atoms with Gasteiger partial charge in [-0.05, 0) is 12.8 Å². The smallest absolute Gasteiger partial charge is 0.410 e. The van der Waals surface area contributed by atoms with Gasteiger partial charge in [-0.1, -0.05) is 11.6 Å². The van der Waals surface area contributed by atoms with Gasteiger partial charge in [-0.25, -0.2) is 4.79 Å². The molecule has 0 aliphatic carbocycles. The number of halogens is 1. The van der Waals surface area contributed by atoms with E-state index in [1.807, 2.05) is 0 Å². The number of alkyl halides is 1. The summed E-state index contributed by atoms with van der Waals surface area (Å²) in [5.74, 6) is -1.13. The van der Waals surface area contributed by atoms with Crippen molar-refractivity contribution in [2.45, 2.75) is 12.8 Å². The van der Waals surface area contributed by atoms with Gasteiger partial charge in [0.05, 0.1) is 5.92 Å². The number of carboxylic acid groups (broad SMARTS) is 1. The molecule has 6 heteroatoms. The summed E-state index contributed by atoms with van der Waals surface area (Å²) < 4.78 is 4.58. The fourth-order valence-corrected chi connectivity index (χ4v) is 1.54. The summed E-state index contributed by atoms with van der Waals surface area (Å²) in [7, 11) is 0. The molecule has 1 saturated heterocycles. The van der Waals surface area contributed by atoms with Crippen LogP contribution in [0.4, 0.5) is 4.79 Å².